The number of hydrogen-bond donors (Lipinski definition) is 0. The lowest BCUT2D eigenvalue weighted by Gasteiger charge is -1.86. The summed E-state index contributed by atoms with van der Waals surface area (Å²) in [5.74, 6) is -0.866. The predicted octanol–water partition coefficient (Wildman–Crippen LogP) is -0.807. The van der Waals surface area contributed by atoms with Crippen molar-refractivity contribution in [3.63, 3.8) is 0 Å². The van der Waals surface area contributed by atoms with Crippen LogP contribution in [0.25, 0.3) is 0 Å². The normalized spacial score (nSPS) is 32.1. The second-order valence-corrected chi connectivity index (χ2v) is 3.43. The highest BCUT2D eigenvalue weighted by molar-refractivity contribution is 7.88. The molecule has 0 N–H and O–H groups in total. The van der Waals surface area contributed by atoms with Crippen molar-refractivity contribution in [3.05, 3.63) is 0 Å². The number of carbonyl (C=O) groups excluding carboxylic acids is 1. The molecule has 52 valence electrons. The Morgan fingerprint density at radius 3 is 2.22 bits per heavy atom. The van der Waals surface area contributed by atoms with Crippen molar-refractivity contribution in [2.75, 3.05) is 0 Å². The Kier molecular flexibility index (Phi) is 1.21. The number of hydrogen-bond acceptors (Lipinski definition) is 5. The summed E-state index contributed by atoms with van der Waals surface area (Å²) in [7, 11) is -3.75. The van der Waals surface area contributed by atoms with Crippen LogP contribution in [0.5, 0.6) is 0 Å². The first kappa shape index (κ1) is 6.50. The van der Waals surface area contributed by atoms with E-state index in [0.29, 0.717) is 0 Å². The quantitative estimate of drug-likeness (QED) is 0.425. The maximum Gasteiger partial charge on any atom is 0.364 e. The first-order valence-electron chi connectivity index (χ1n) is 2.18. The van der Waals surface area contributed by atoms with Crippen LogP contribution in [-0.4, -0.2) is 19.6 Å². The van der Waals surface area contributed by atoms with Crippen LogP contribution in [0.1, 0.15) is 6.92 Å². The molecule has 9 heavy (non-hydrogen) atoms. The van der Waals surface area contributed by atoms with Crippen LogP contribution in [0.15, 0.2) is 0 Å². The van der Waals surface area contributed by atoms with E-state index >= 15 is 0 Å². The Hall–Kier alpha value is -0.620. The second-order valence-electron chi connectivity index (χ2n) is 1.61. The van der Waals surface area contributed by atoms with E-state index in [1.807, 2.05) is 0 Å². The van der Waals surface area contributed by atoms with Gasteiger partial charge in [-0.3, -0.25) is 4.89 Å². The number of carbonyl (C=O) groups is 1. The standard InChI is InChI=1S/C3H4O5S/c1-2-3(4)7-8-9(2,5)6/h2H,1H3. The molecular weight excluding hydrogens is 148 g/mol. The van der Waals surface area contributed by atoms with Gasteiger partial charge in [-0.25, -0.2) is 4.79 Å². The third-order valence-electron chi connectivity index (χ3n) is 0.976. The Balaban J connectivity index is 3.00. The third kappa shape index (κ3) is 0.903. The van der Waals surface area contributed by atoms with E-state index in [1.165, 1.54) is 6.92 Å². The molecule has 1 unspecified atom stereocenters. The van der Waals surface area contributed by atoms with E-state index in [0.717, 1.165) is 0 Å². The van der Waals surface area contributed by atoms with Gasteiger partial charge in [-0.15, -0.1) is 0 Å². The molecule has 0 aromatic rings. The SMILES string of the molecule is CC1C(=O)OOS1(=O)=O. The molecule has 0 amide bonds. The molecule has 0 aliphatic carbocycles. The molecule has 0 aromatic heterocycles. The summed E-state index contributed by atoms with van der Waals surface area (Å²) in [5.41, 5.74) is 0. The molecule has 6 heteroatoms. The van der Waals surface area contributed by atoms with Gasteiger partial charge in [0.1, 0.15) is 0 Å². The van der Waals surface area contributed by atoms with E-state index < -0.39 is 21.3 Å². The van der Waals surface area contributed by atoms with Gasteiger partial charge in [0, 0.05) is 0 Å². The van der Waals surface area contributed by atoms with Crippen molar-refractivity contribution in [2.24, 2.45) is 0 Å². The molecule has 5 nitrogen and oxygen atoms in total. The van der Waals surface area contributed by atoms with E-state index in [2.05, 4.69) is 9.22 Å². The molecule has 1 atom stereocenters. The monoisotopic (exact) mass is 152 g/mol. The average Bonchev–Trinajstić information content (AvgIpc) is 1.97. The van der Waals surface area contributed by atoms with Crippen molar-refractivity contribution in [1.29, 1.82) is 0 Å². The zero-order valence-corrected chi connectivity index (χ0v) is 5.34. The molecule has 0 spiro atoms. The minimum Gasteiger partial charge on any atom is -0.280 e. The smallest absolute Gasteiger partial charge is 0.280 e. The predicted molar refractivity (Wildman–Crippen MR) is 25.6 cm³/mol. The zero-order chi connectivity index (χ0) is 7.07. The first-order valence-corrected chi connectivity index (χ1v) is 3.65. The third-order valence-corrected chi connectivity index (χ3v) is 2.29. The van der Waals surface area contributed by atoms with Crippen LogP contribution >= 0.6 is 0 Å². The largest absolute Gasteiger partial charge is 0.364 e. The van der Waals surface area contributed by atoms with Gasteiger partial charge in [0.05, 0.1) is 0 Å². The molecule has 1 fully saturated rings. The van der Waals surface area contributed by atoms with Crippen LogP contribution in [0.3, 0.4) is 0 Å². The molecule has 1 aliphatic heterocycles. The van der Waals surface area contributed by atoms with E-state index in [9.17, 15) is 13.2 Å². The molecular formula is C3H4O5S. The summed E-state index contributed by atoms with van der Waals surface area (Å²) in [6, 6.07) is 0. The summed E-state index contributed by atoms with van der Waals surface area (Å²) in [6.07, 6.45) is 0. The zero-order valence-electron chi connectivity index (χ0n) is 4.53. The minimum absolute atomic E-state index is 0.866. The van der Waals surface area contributed by atoms with Gasteiger partial charge >= 0.3 is 16.1 Å². The fourth-order valence-corrected chi connectivity index (χ4v) is 0.880. The summed E-state index contributed by atoms with van der Waals surface area (Å²) in [4.78, 5) is 14.0. The number of rotatable bonds is 0. The summed E-state index contributed by atoms with van der Waals surface area (Å²) in [6.45, 7) is 1.20. The van der Waals surface area contributed by atoms with Gasteiger partial charge in [-0.05, 0) is 6.92 Å². The van der Waals surface area contributed by atoms with E-state index in [-0.39, 0.29) is 0 Å². The Morgan fingerprint density at radius 2 is 2.11 bits per heavy atom. The Bertz CT molecular complexity index is 227. The molecule has 0 bridgehead atoms. The van der Waals surface area contributed by atoms with Gasteiger partial charge in [0.15, 0.2) is 5.25 Å². The van der Waals surface area contributed by atoms with Crippen LogP contribution in [0, 0.1) is 0 Å². The van der Waals surface area contributed by atoms with E-state index in [1.54, 1.807) is 0 Å². The van der Waals surface area contributed by atoms with Crippen LogP contribution in [0.4, 0.5) is 0 Å². The minimum atomic E-state index is -3.75. The molecule has 1 heterocycles. The van der Waals surface area contributed by atoms with Gasteiger partial charge in [-0.2, -0.15) is 8.42 Å². The second kappa shape index (κ2) is 1.68. The maximum atomic E-state index is 10.4. The summed E-state index contributed by atoms with van der Waals surface area (Å²) >= 11 is 0. The van der Waals surface area contributed by atoms with Crippen molar-refractivity contribution in [1.82, 2.24) is 0 Å². The van der Waals surface area contributed by atoms with Crippen molar-refractivity contribution in [3.8, 4) is 0 Å². The lowest BCUT2D eigenvalue weighted by molar-refractivity contribution is -0.198. The highest BCUT2D eigenvalue weighted by atomic mass is 32.2. The van der Waals surface area contributed by atoms with Crippen molar-refractivity contribution >= 4 is 16.1 Å². The van der Waals surface area contributed by atoms with Gasteiger partial charge in [0.2, 0.25) is 0 Å². The van der Waals surface area contributed by atoms with Crippen molar-refractivity contribution in [2.45, 2.75) is 12.2 Å². The first-order chi connectivity index (χ1) is 4.04. The average molecular weight is 152 g/mol. The molecule has 1 aliphatic rings. The van der Waals surface area contributed by atoms with Crippen LogP contribution in [0.2, 0.25) is 0 Å². The molecule has 1 saturated heterocycles. The Labute approximate surface area is 51.6 Å². The van der Waals surface area contributed by atoms with Crippen molar-refractivity contribution < 1.29 is 22.4 Å². The fourth-order valence-electron chi connectivity index (χ4n) is 0.325. The van der Waals surface area contributed by atoms with Crippen LogP contribution < -0.4 is 0 Å². The van der Waals surface area contributed by atoms with E-state index in [4.69, 9.17) is 0 Å². The highest BCUT2D eigenvalue weighted by Gasteiger charge is 2.40. The summed E-state index contributed by atoms with van der Waals surface area (Å²) in [5, 5.41) is -1.18. The molecule has 0 radical (unpaired) electrons. The fraction of sp³-hybridized carbons (Fsp3) is 0.667. The molecule has 0 aromatic carbocycles. The van der Waals surface area contributed by atoms with Gasteiger partial charge < -0.3 is 0 Å². The molecule has 0 saturated carbocycles. The molecule has 1 rings (SSSR count). The maximum absolute atomic E-state index is 10.4. The lowest BCUT2D eigenvalue weighted by atomic mass is 10.5. The Morgan fingerprint density at radius 1 is 1.56 bits per heavy atom. The topological polar surface area (TPSA) is 69.7 Å². The summed E-state index contributed by atoms with van der Waals surface area (Å²) < 4.78 is 24.5. The van der Waals surface area contributed by atoms with Gasteiger partial charge in [0.25, 0.3) is 0 Å². The highest BCUT2D eigenvalue weighted by Crippen LogP contribution is 2.13. The van der Waals surface area contributed by atoms with Crippen LogP contribution in [-0.2, 0) is 24.1 Å². The van der Waals surface area contributed by atoms with Gasteiger partial charge in [-0.1, -0.05) is 4.33 Å². The lowest BCUT2D eigenvalue weighted by Crippen LogP contribution is -2.17.